The van der Waals surface area contributed by atoms with Crippen molar-refractivity contribution in [2.75, 3.05) is 0 Å². The van der Waals surface area contributed by atoms with Crippen LogP contribution >= 0.6 is 0 Å². The van der Waals surface area contributed by atoms with Crippen LogP contribution in [0.5, 0.6) is 11.5 Å². The average Bonchev–Trinajstić information content (AvgIpc) is 3.02. The molecule has 0 bridgehead atoms. The van der Waals surface area contributed by atoms with Gasteiger partial charge in [0.15, 0.2) is 5.82 Å². The van der Waals surface area contributed by atoms with Crippen molar-refractivity contribution in [1.29, 1.82) is 0 Å². The minimum absolute atomic E-state index is 0.0413. The standard InChI is InChI=1S/C36H47FN2O5/c1-5-8-10-12-17-26(4)42-36(41)30-22-21-29(23-32(30)37)44-35(40)27-24-38-34(39-25-27)31-19-14-15-20-33(31)43-28(16-7-3)18-13-11-9-6-2/h14-15,19-26,28H,5-13,16-18H2,1-4H3/t26?,28-/m1/s1. The van der Waals surface area contributed by atoms with Gasteiger partial charge in [0.2, 0.25) is 0 Å². The zero-order chi connectivity index (χ0) is 31.7. The van der Waals surface area contributed by atoms with Crippen molar-refractivity contribution in [3.8, 4) is 22.9 Å². The van der Waals surface area contributed by atoms with E-state index < -0.39 is 17.8 Å². The molecule has 0 saturated heterocycles. The molecule has 0 aliphatic rings. The summed E-state index contributed by atoms with van der Waals surface area (Å²) in [6, 6.07) is 11.2. The van der Waals surface area contributed by atoms with Crippen LogP contribution in [0, 0.1) is 5.82 Å². The van der Waals surface area contributed by atoms with Crippen LogP contribution in [0.3, 0.4) is 0 Å². The fourth-order valence-corrected chi connectivity index (χ4v) is 4.94. The van der Waals surface area contributed by atoms with E-state index in [1.165, 1.54) is 43.8 Å². The first kappa shape index (κ1) is 34.7. The van der Waals surface area contributed by atoms with Crippen molar-refractivity contribution in [1.82, 2.24) is 9.97 Å². The summed E-state index contributed by atoms with van der Waals surface area (Å²) in [6.45, 7) is 8.29. The van der Waals surface area contributed by atoms with Gasteiger partial charge in [-0.05, 0) is 63.3 Å². The van der Waals surface area contributed by atoms with Gasteiger partial charge in [0, 0.05) is 18.5 Å². The Morgan fingerprint density at radius 1 is 0.795 bits per heavy atom. The molecule has 0 amide bonds. The Balaban J connectivity index is 1.62. The maximum absolute atomic E-state index is 14.7. The molecule has 1 heterocycles. The number of carbonyl (C=O) groups excluding carboxylic acids is 2. The quantitative estimate of drug-likeness (QED) is 0.0763. The molecule has 3 rings (SSSR count). The second kappa shape index (κ2) is 18.8. The maximum Gasteiger partial charge on any atom is 0.346 e. The van der Waals surface area contributed by atoms with E-state index in [1.807, 2.05) is 24.3 Å². The fraction of sp³-hybridized carbons (Fsp3) is 0.500. The van der Waals surface area contributed by atoms with Crippen LogP contribution in [0.1, 0.15) is 125 Å². The molecule has 44 heavy (non-hydrogen) atoms. The summed E-state index contributed by atoms with van der Waals surface area (Å²) in [5.74, 6) is -1.22. The van der Waals surface area contributed by atoms with E-state index in [2.05, 4.69) is 30.7 Å². The first-order valence-corrected chi connectivity index (χ1v) is 16.2. The van der Waals surface area contributed by atoms with Gasteiger partial charge in [0.1, 0.15) is 17.3 Å². The van der Waals surface area contributed by atoms with E-state index in [9.17, 15) is 14.0 Å². The van der Waals surface area contributed by atoms with Gasteiger partial charge in [-0.3, -0.25) is 0 Å². The van der Waals surface area contributed by atoms with E-state index >= 15 is 0 Å². The number of halogens is 1. The van der Waals surface area contributed by atoms with Crippen LogP contribution in [0.15, 0.2) is 54.9 Å². The van der Waals surface area contributed by atoms with Crippen LogP contribution < -0.4 is 9.47 Å². The van der Waals surface area contributed by atoms with Crippen LogP contribution in [-0.4, -0.2) is 34.1 Å². The average molecular weight is 607 g/mol. The van der Waals surface area contributed by atoms with E-state index in [4.69, 9.17) is 14.2 Å². The highest BCUT2D eigenvalue weighted by Crippen LogP contribution is 2.30. The van der Waals surface area contributed by atoms with Crippen molar-refractivity contribution in [3.63, 3.8) is 0 Å². The summed E-state index contributed by atoms with van der Waals surface area (Å²) in [5.41, 5.74) is 0.635. The molecular weight excluding hydrogens is 559 g/mol. The lowest BCUT2D eigenvalue weighted by Gasteiger charge is -2.20. The number of rotatable bonds is 19. The summed E-state index contributed by atoms with van der Waals surface area (Å²) in [5, 5.41) is 0. The fourth-order valence-electron chi connectivity index (χ4n) is 4.94. The molecule has 238 valence electrons. The SMILES string of the molecule is CCCCCCC(C)OC(=O)c1ccc(OC(=O)c2cnc(-c3ccccc3O[C@H](CCC)CCCCCC)nc2)cc1F. The summed E-state index contributed by atoms with van der Waals surface area (Å²) >= 11 is 0. The van der Waals surface area contributed by atoms with Crippen LogP contribution in [0.2, 0.25) is 0 Å². The third-order valence-corrected chi connectivity index (χ3v) is 7.44. The molecule has 0 radical (unpaired) electrons. The van der Waals surface area contributed by atoms with Gasteiger partial charge in [0.05, 0.1) is 28.9 Å². The Morgan fingerprint density at radius 3 is 2.14 bits per heavy atom. The number of para-hydroxylation sites is 1. The number of hydrogen-bond donors (Lipinski definition) is 0. The van der Waals surface area contributed by atoms with E-state index in [1.54, 1.807) is 6.92 Å². The number of aromatic nitrogens is 2. The lowest BCUT2D eigenvalue weighted by Crippen LogP contribution is -2.17. The van der Waals surface area contributed by atoms with Crippen molar-refractivity contribution < 1.29 is 28.2 Å². The third kappa shape index (κ3) is 11.0. The van der Waals surface area contributed by atoms with Crippen molar-refractivity contribution >= 4 is 11.9 Å². The number of ether oxygens (including phenoxy) is 3. The minimum Gasteiger partial charge on any atom is -0.490 e. The Morgan fingerprint density at radius 2 is 1.48 bits per heavy atom. The first-order valence-electron chi connectivity index (χ1n) is 16.2. The smallest absolute Gasteiger partial charge is 0.346 e. The Kier molecular flexibility index (Phi) is 14.8. The summed E-state index contributed by atoms with van der Waals surface area (Å²) in [6.07, 6.45) is 15.3. The predicted octanol–water partition coefficient (Wildman–Crippen LogP) is 9.54. The van der Waals surface area contributed by atoms with Crippen molar-refractivity contribution in [3.05, 3.63) is 71.8 Å². The minimum atomic E-state index is -0.826. The van der Waals surface area contributed by atoms with Crippen LogP contribution in [0.25, 0.3) is 11.4 Å². The van der Waals surface area contributed by atoms with E-state index in [0.29, 0.717) is 11.6 Å². The lowest BCUT2D eigenvalue weighted by atomic mass is 10.1. The topological polar surface area (TPSA) is 87.6 Å². The van der Waals surface area contributed by atoms with Crippen LogP contribution in [-0.2, 0) is 4.74 Å². The van der Waals surface area contributed by atoms with Gasteiger partial charge in [0.25, 0.3) is 0 Å². The van der Waals surface area contributed by atoms with Gasteiger partial charge in [-0.2, -0.15) is 0 Å². The molecule has 0 aliphatic carbocycles. The number of nitrogens with zero attached hydrogens (tertiary/aromatic N) is 2. The summed E-state index contributed by atoms with van der Waals surface area (Å²) < 4.78 is 31.9. The Bertz CT molecular complexity index is 1310. The highest BCUT2D eigenvalue weighted by molar-refractivity contribution is 5.92. The third-order valence-electron chi connectivity index (χ3n) is 7.44. The predicted molar refractivity (Wildman–Crippen MR) is 171 cm³/mol. The molecule has 0 spiro atoms. The Labute approximate surface area is 261 Å². The molecule has 1 aromatic heterocycles. The highest BCUT2D eigenvalue weighted by Gasteiger charge is 2.19. The molecule has 8 heteroatoms. The molecule has 1 unspecified atom stereocenters. The normalized spacial score (nSPS) is 12.4. The molecular formula is C36H47FN2O5. The number of hydrogen-bond acceptors (Lipinski definition) is 7. The second-order valence-electron chi connectivity index (χ2n) is 11.3. The van der Waals surface area contributed by atoms with Gasteiger partial charge < -0.3 is 14.2 Å². The first-order chi connectivity index (χ1) is 21.4. The highest BCUT2D eigenvalue weighted by atomic mass is 19.1. The summed E-state index contributed by atoms with van der Waals surface area (Å²) in [4.78, 5) is 34.0. The molecule has 7 nitrogen and oxygen atoms in total. The molecule has 2 aromatic carbocycles. The molecule has 0 saturated carbocycles. The molecule has 0 aliphatic heterocycles. The van der Waals surface area contributed by atoms with Gasteiger partial charge in [-0.15, -0.1) is 0 Å². The maximum atomic E-state index is 14.7. The monoisotopic (exact) mass is 606 g/mol. The number of esters is 2. The zero-order valence-electron chi connectivity index (χ0n) is 26.6. The largest absolute Gasteiger partial charge is 0.490 e. The number of benzene rings is 2. The molecule has 0 N–H and O–H groups in total. The zero-order valence-corrected chi connectivity index (χ0v) is 26.6. The van der Waals surface area contributed by atoms with Crippen molar-refractivity contribution in [2.45, 2.75) is 117 Å². The van der Waals surface area contributed by atoms with Gasteiger partial charge in [-0.1, -0.05) is 77.8 Å². The Hall–Kier alpha value is -3.81. The molecule has 3 aromatic rings. The molecule has 2 atom stereocenters. The van der Waals surface area contributed by atoms with Crippen molar-refractivity contribution in [2.24, 2.45) is 0 Å². The number of unbranched alkanes of at least 4 members (excludes halogenated alkanes) is 6. The van der Waals surface area contributed by atoms with E-state index in [-0.39, 0.29) is 29.1 Å². The summed E-state index contributed by atoms with van der Waals surface area (Å²) in [7, 11) is 0. The van der Waals surface area contributed by atoms with Crippen LogP contribution in [0.4, 0.5) is 4.39 Å². The van der Waals surface area contributed by atoms with E-state index in [0.717, 1.165) is 69.4 Å². The second-order valence-corrected chi connectivity index (χ2v) is 11.3. The number of carbonyl (C=O) groups is 2. The van der Waals surface area contributed by atoms with Gasteiger partial charge in [-0.25, -0.2) is 23.9 Å². The molecule has 0 fully saturated rings. The lowest BCUT2D eigenvalue weighted by molar-refractivity contribution is 0.0314. The van der Waals surface area contributed by atoms with Gasteiger partial charge >= 0.3 is 11.9 Å².